The number of hydrogen-bond acceptors (Lipinski definition) is 5. The highest BCUT2D eigenvalue weighted by molar-refractivity contribution is 5.91. The van der Waals surface area contributed by atoms with Gasteiger partial charge in [-0.25, -0.2) is 0 Å². The zero-order chi connectivity index (χ0) is 13.3. The lowest BCUT2D eigenvalue weighted by atomic mass is 10.2. The van der Waals surface area contributed by atoms with E-state index >= 15 is 0 Å². The second kappa shape index (κ2) is 4.77. The van der Waals surface area contributed by atoms with Crippen LogP contribution in [0.2, 0.25) is 0 Å². The average Bonchev–Trinajstić information content (AvgIpc) is 2.75. The van der Waals surface area contributed by atoms with Crippen LogP contribution in [0.25, 0.3) is 0 Å². The van der Waals surface area contributed by atoms with E-state index in [1.54, 1.807) is 4.90 Å². The molecule has 1 aliphatic heterocycles. The maximum absolute atomic E-state index is 12.1. The van der Waals surface area contributed by atoms with E-state index in [2.05, 4.69) is 0 Å². The van der Waals surface area contributed by atoms with Crippen molar-refractivity contribution < 1.29 is 18.9 Å². The van der Waals surface area contributed by atoms with E-state index < -0.39 is 10.8 Å². The van der Waals surface area contributed by atoms with Crippen molar-refractivity contribution in [2.24, 2.45) is 0 Å². The van der Waals surface area contributed by atoms with Gasteiger partial charge in [-0.1, -0.05) is 0 Å². The molecule has 1 amide bonds. The van der Waals surface area contributed by atoms with E-state index in [9.17, 15) is 14.9 Å². The van der Waals surface area contributed by atoms with Gasteiger partial charge < -0.3 is 14.1 Å². The summed E-state index contributed by atoms with van der Waals surface area (Å²) < 4.78 is 10.4. The molecular weight excluding hydrogens is 240 g/mol. The molecule has 1 aliphatic rings. The molecule has 2 rings (SSSR count). The van der Waals surface area contributed by atoms with E-state index in [-0.39, 0.29) is 23.9 Å². The number of nitro groups is 1. The number of furan rings is 1. The summed E-state index contributed by atoms with van der Waals surface area (Å²) in [6.07, 6.45) is -0.106. The smallest absolute Gasteiger partial charge is 0.395 e. The molecule has 1 aromatic heterocycles. The molecule has 7 nitrogen and oxygen atoms in total. The van der Waals surface area contributed by atoms with Crippen LogP contribution >= 0.6 is 0 Å². The fourth-order valence-electron chi connectivity index (χ4n) is 2.04. The van der Waals surface area contributed by atoms with Crippen molar-refractivity contribution in [1.82, 2.24) is 4.90 Å². The minimum absolute atomic E-state index is 0.0111. The monoisotopic (exact) mass is 254 g/mol. The predicted octanol–water partition coefficient (Wildman–Crippen LogP) is 1.44. The highest BCUT2D eigenvalue weighted by atomic mass is 16.6. The number of ether oxygens (including phenoxy) is 1. The number of nitrogens with zero attached hydrogens (tertiary/aromatic N) is 2. The quantitative estimate of drug-likeness (QED) is 0.588. The van der Waals surface area contributed by atoms with E-state index in [1.807, 2.05) is 13.8 Å². The molecule has 1 aromatic rings. The number of hydrogen-bond donors (Lipinski definition) is 0. The molecular formula is C11H14N2O5. The van der Waals surface area contributed by atoms with Crippen molar-refractivity contribution in [1.29, 1.82) is 0 Å². The lowest BCUT2D eigenvalue weighted by molar-refractivity contribution is -0.402. The average molecular weight is 254 g/mol. The topological polar surface area (TPSA) is 85.8 Å². The standard InChI is InChI=1S/C11H14N2O5/c1-7-5-12(6-8(2)17-7)11(14)9-3-4-10(18-9)13(15)16/h3-4,7-8H,5-6H2,1-2H3/t7-,8+. The molecule has 2 atom stereocenters. The molecule has 2 heterocycles. The van der Waals surface area contributed by atoms with Gasteiger partial charge in [0.15, 0.2) is 5.76 Å². The third kappa shape index (κ3) is 2.51. The first-order chi connectivity index (χ1) is 8.47. The fourth-order valence-corrected chi connectivity index (χ4v) is 2.04. The first-order valence-electron chi connectivity index (χ1n) is 5.66. The Balaban J connectivity index is 2.12. The Labute approximate surface area is 103 Å². The molecule has 7 heteroatoms. The highest BCUT2D eigenvalue weighted by Gasteiger charge is 2.29. The lowest BCUT2D eigenvalue weighted by Crippen LogP contribution is -2.48. The van der Waals surface area contributed by atoms with Crippen molar-refractivity contribution in [2.45, 2.75) is 26.1 Å². The van der Waals surface area contributed by atoms with Crippen LogP contribution in [0.1, 0.15) is 24.4 Å². The third-order valence-electron chi connectivity index (χ3n) is 2.69. The van der Waals surface area contributed by atoms with Crippen LogP contribution in [0.5, 0.6) is 0 Å². The lowest BCUT2D eigenvalue weighted by Gasteiger charge is -2.34. The van der Waals surface area contributed by atoms with E-state index in [0.717, 1.165) is 0 Å². The molecule has 1 saturated heterocycles. The summed E-state index contributed by atoms with van der Waals surface area (Å²) in [5, 5.41) is 10.5. The van der Waals surface area contributed by atoms with Crippen molar-refractivity contribution in [3.05, 3.63) is 28.0 Å². The molecule has 0 radical (unpaired) electrons. The van der Waals surface area contributed by atoms with Gasteiger partial charge in [-0.2, -0.15) is 0 Å². The summed E-state index contributed by atoms with van der Waals surface area (Å²) in [7, 11) is 0. The van der Waals surface area contributed by atoms with Crippen LogP contribution in [-0.2, 0) is 4.74 Å². The Morgan fingerprint density at radius 2 is 2.00 bits per heavy atom. The van der Waals surface area contributed by atoms with Crippen molar-refractivity contribution in [2.75, 3.05) is 13.1 Å². The summed E-state index contributed by atoms with van der Waals surface area (Å²) in [4.78, 5) is 23.5. The first-order valence-corrected chi connectivity index (χ1v) is 5.66. The van der Waals surface area contributed by atoms with Crippen LogP contribution in [-0.4, -0.2) is 41.0 Å². The van der Waals surface area contributed by atoms with Crippen LogP contribution < -0.4 is 0 Å². The molecule has 1 fully saturated rings. The van der Waals surface area contributed by atoms with Gasteiger partial charge in [-0.05, 0) is 19.9 Å². The molecule has 0 aliphatic carbocycles. The molecule has 0 unspecified atom stereocenters. The molecule has 0 spiro atoms. The van der Waals surface area contributed by atoms with E-state index in [4.69, 9.17) is 9.15 Å². The number of carbonyl (C=O) groups excluding carboxylic acids is 1. The zero-order valence-electron chi connectivity index (χ0n) is 10.2. The largest absolute Gasteiger partial charge is 0.433 e. The number of amides is 1. The van der Waals surface area contributed by atoms with Gasteiger partial charge in [0, 0.05) is 13.1 Å². The van der Waals surface area contributed by atoms with Crippen molar-refractivity contribution in [3.63, 3.8) is 0 Å². The number of morpholine rings is 1. The normalized spacial score (nSPS) is 24.0. The van der Waals surface area contributed by atoms with Crippen LogP contribution in [0.3, 0.4) is 0 Å². The minimum Gasteiger partial charge on any atom is -0.395 e. The summed E-state index contributed by atoms with van der Waals surface area (Å²) >= 11 is 0. The van der Waals surface area contributed by atoms with Crippen LogP contribution in [0, 0.1) is 10.1 Å². The summed E-state index contributed by atoms with van der Waals surface area (Å²) in [5.74, 6) is -0.777. The van der Waals surface area contributed by atoms with Gasteiger partial charge in [-0.3, -0.25) is 14.9 Å². The van der Waals surface area contributed by atoms with Gasteiger partial charge in [0.1, 0.15) is 4.92 Å². The van der Waals surface area contributed by atoms with Crippen LogP contribution in [0.15, 0.2) is 16.5 Å². The molecule has 18 heavy (non-hydrogen) atoms. The van der Waals surface area contributed by atoms with Gasteiger partial charge in [-0.15, -0.1) is 0 Å². The highest BCUT2D eigenvalue weighted by Crippen LogP contribution is 2.19. The SMILES string of the molecule is C[C@@H]1CN(C(=O)c2ccc([N+](=O)[O-])o2)C[C@H](C)O1. The fraction of sp³-hybridized carbons (Fsp3) is 0.545. The maximum Gasteiger partial charge on any atom is 0.433 e. The minimum atomic E-state index is -0.665. The second-order valence-electron chi connectivity index (χ2n) is 4.36. The van der Waals surface area contributed by atoms with E-state index in [1.165, 1.54) is 12.1 Å². The first kappa shape index (κ1) is 12.6. The molecule has 98 valence electrons. The number of carbonyl (C=O) groups is 1. The molecule has 0 aromatic carbocycles. The van der Waals surface area contributed by atoms with E-state index in [0.29, 0.717) is 13.1 Å². The summed E-state index contributed by atoms with van der Waals surface area (Å²) in [6, 6.07) is 2.51. The van der Waals surface area contributed by atoms with Gasteiger partial charge in [0.05, 0.1) is 18.3 Å². The zero-order valence-corrected chi connectivity index (χ0v) is 10.2. The van der Waals surface area contributed by atoms with Crippen LogP contribution in [0.4, 0.5) is 5.88 Å². The Kier molecular flexibility index (Phi) is 3.33. The van der Waals surface area contributed by atoms with Crippen molar-refractivity contribution >= 4 is 11.8 Å². The summed E-state index contributed by atoms with van der Waals surface area (Å²) in [6.45, 7) is 4.66. The Hall–Kier alpha value is -1.89. The third-order valence-corrected chi connectivity index (χ3v) is 2.69. The van der Waals surface area contributed by atoms with Gasteiger partial charge in [0.25, 0.3) is 5.91 Å². The Morgan fingerprint density at radius 1 is 1.39 bits per heavy atom. The second-order valence-corrected chi connectivity index (χ2v) is 4.36. The predicted molar refractivity (Wildman–Crippen MR) is 61.3 cm³/mol. The summed E-state index contributed by atoms with van der Waals surface area (Å²) in [5.41, 5.74) is 0. The number of rotatable bonds is 2. The van der Waals surface area contributed by atoms with Gasteiger partial charge in [0.2, 0.25) is 0 Å². The maximum atomic E-state index is 12.1. The Morgan fingerprint density at radius 3 is 2.50 bits per heavy atom. The van der Waals surface area contributed by atoms with Crippen molar-refractivity contribution in [3.8, 4) is 0 Å². The molecule has 0 bridgehead atoms. The molecule has 0 saturated carbocycles. The molecule has 0 N–H and O–H groups in total. The Bertz CT molecular complexity index is 460. The van der Waals surface area contributed by atoms with Gasteiger partial charge >= 0.3 is 5.88 Å².